The van der Waals surface area contributed by atoms with Crippen LogP contribution in [0, 0.1) is 13.8 Å². The predicted molar refractivity (Wildman–Crippen MR) is 285 cm³/mol. The Labute approximate surface area is 380 Å². The topological polar surface area (TPSA) is 0 Å². The molecule has 1 aliphatic rings. The third-order valence-corrected chi connectivity index (χ3v) is 15.9. The van der Waals surface area contributed by atoms with Crippen molar-refractivity contribution in [2.45, 2.75) is 13.8 Å². The molecule has 0 amide bonds. The fourth-order valence-electron chi connectivity index (χ4n) is 13.3. The van der Waals surface area contributed by atoms with Crippen LogP contribution in [0.5, 0.6) is 0 Å². The van der Waals surface area contributed by atoms with E-state index < -0.39 is 0 Å². The monoisotopic (exact) mass is 830 g/mol. The largest absolute Gasteiger partial charge is 0.0622 e. The van der Waals surface area contributed by atoms with Crippen molar-refractivity contribution in [2.75, 3.05) is 0 Å². The quantitative estimate of drug-likeness (QED) is 0.123. The molecule has 15 aromatic carbocycles. The number of hydrogen-bond acceptors (Lipinski definition) is 0. The third kappa shape index (κ3) is 4.22. The Bertz CT molecular complexity index is 4390. The number of fused-ring (bicyclic) bond motifs is 12. The SMILES string of the molecule is Cc1cccc(C)c1-c1ccc2c(c1)-c1ccc3c4ccc5c6c(-c7ccccc7)c7cc8c(cc7c(-c7ccccc7)c6c6ccc(c7ccc-2c1c73)c4c65)c1cccc2cccc8c21. The second kappa shape index (κ2) is 12.3. The maximum absolute atomic E-state index is 2.54. The van der Waals surface area contributed by atoms with Gasteiger partial charge in [0.15, 0.2) is 0 Å². The molecule has 1 aliphatic carbocycles. The fraction of sp³-hybridized carbons (Fsp3) is 0.0303. The van der Waals surface area contributed by atoms with E-state index in [-0.39, 0.29) is 0 Å². The van der Waals surface area contributed by atoms with Crippen molar-refractivity contribution in [3.63, 3.8) is 0 Å². The van der Waals surface area contributed by atoms with Gasteiger partial charge >= 0.3 is 0 Å². The smallest absolute Gasteiger partial charge is 0.000740 e. The first kappa shape index (κ1) is 35.1. The molecule has 0 aliphatic heterocycles. The molecule has 0 spiro atoms. The first-order valence-corrected chi connectivity index (χ1v) is 23.3. The lowest BCUT2D eigenvalue weighted by Gasteiger charge is -2.17. The van der Waals surface area contributed by atoms with E-state index in [2.05, 4.69) is 208 Å². The van der Waals surface area contributed by atoms with Crippen LogP contribution in [0.1, 0.15) is 11.1 Å². The Morgan fingerprint density at radius 3 is 1.21 bits per heavy atom. The Balaban J connectivity index is 1.06. The van der Waals surface area contributed by atoms with Gasteiger partial charge in [-0.1, -0.05) is 176 Å². The van der Waals surface area contributed by atoms with Crippen LogP contribution in [0.3, 0.4) is 0 Å². The zero-order valence-electron chi connectivity index (χ0n) is 36.5. The highest BCUT2D eigenvalue weighted by Crippen LogP contribution is 2.57. The molecule has 0 bridgehead atoms. The van der Waals surface area contributed by atoms with E-state index in [4.69, 9.17) is 0 Å². The molecular weight excluding hydrogens is 793 g/mol. The second-order valence-corrected chi connectivity index (χ2v) is 19.1. The van der Waals surface area contributed by atoms with Gasteiger partial charge in [0.1, 0.15) is 0 Å². The third-order valence-electron chi connectivity index (χ3n) is 15.9. The van der Waals surface area contributed by atoms with Crippen LogP contribution in [0.15, 0.2) is 194 Å². The summed E-state index contributed by atoms with van der Waals surface area (Å²) in [5.41, 5.74) is 15.8. The molecule has 0 unspecified atom stereocenters. The van der Waals surface area contributed by atoms with Gasteiger partial charge in [-0.2, -0.15) is 0 Å². The molecule has 0 N–H and O–H groups in total. The molecule has 0 heteroatoms. The molecule has 0 heterocycles. The van der Waals surface area contributed by atoms with Crippen molar-refractivity contribution in [2.24, 2.45) is 0 Å². The molecule has 0 atom stereocenters. The van der Waals surface area contributed by atoms with Crippen molar-refractivity contribution in [3.8, 4) is 55.6 Å². The summed E-state index contributed by atoms with van der Waals surface area (Å²) in [6.45, 7) is 4.47. The Hall–Kier alpha value is -8.32. The summed E-state index contributed by atoms with van der Waals surface area (Å²) in [5, 5.41) is 26.7. The summed E-state index contributed by atoms with van der Waals surface area (Å²) in [6.07, 6.45) is 0. The van der Waals surface area contributed by atoms with Crippen molar-refractivity contribution < 1.29 is 0 Å². The van der Waals surface area contributed by atoms with Crippen LogP contribution >= 0.6 is 0 Å². The molecule has 15 aromatic rings. The normalized spacial score (nSPS) is 12.7. The average molecular weight is 831 g/mol. The van der Waals surface area contributed by atoms with E-state index in [1.807, 2.05) is 0 Å². The van der Waals surface area contributed by atoms with Gasteiger partial charge < -0.3 is 0 Å². The Morgan fingerprint density at radius 2 is 0.652 bits per heavy atom. The van der Waals surface area contributed by atoms with Crippen LogP contribution in [0.4, 0.5) is 0 Å². The van der Waals surface area contributed by atoms with Crippen LogP contribution in [0.25, 0.3) is 163 Å². The summed E-state index contributed by atoms with van der Waals surface area (Å²) < 4.78 is 0. The van der Waals surface area contributed by atoms with E-state index in [9.17, 15) is 0 Å². The first-order chi connectivity index (χ1) is 32.6. The van der Waals surface area contributed by atoms with Crippen LogP contribution in [-0.2, 0) is 0 Å². The van der Waals surface area contributed by atoms with Gasteiger partial charge in [-0.25, -0.2) is 0 Å². The second-order valence-electron chi connectivity index (χ2n) is 19.1. The lowest BCUT2D eigenvalue weighted by molar-refractivity contribution is 1.38. The average Bonchev–Trinajstić information content (AvgIpc) is 3.99. The van der Waals surface area contributed by atoms with Crippen molar-refractivity contribution in [1.29, 1.82) is 0 Å². The summed E-state index contributed by atoms with van der Waals surface area (Å²) >= 11 is 0. The van der Waals surface area contributed by atoms with E-state index >= 15 is 0 Å². The Kier molecular flexibility index (Phi) is 6.52. The summed E-state index contributed by atoms with van der Waals surface area (Å²) in [7, 11) is 0. The zero-order valence-corrected chi connectivity index (χ0v) is 36.5. The summed E-state index contributed by atoms with van der Waals surface area (Å²) in [4.78, 5) is 0. The van der Waals surface area contributed by atoms with Gasteiger partial charge in [0.05, 0.1) is 0 Å². The van der Waals surface area contributed by atoms with E-state index in [1.165, 1.54) is 174 Å². The molecule has 0 radical (unpaired) electrons. The van der Waals surface area contributed by atoms with Gasteiger partial charge in [0, 0.05) is 0 Å². The standard InChI is InChI=1S/C66H38/c1-35-12-9-13-36(2)57(35)40-22-23-41-44-24-25-45-47-28-30-50-64-51(31-29-48(63(47)64)46-26-27-49(52(41)32-40)61(44)62(45)46)66-60(39-16-7-4-8-17-39)56-34-54-43-21-11-19-37-18-10-20-42(58(37)43)53(54)33-55(56)59(65(50)66)38-14-5-3-6-15-38/h3-34H,1-2H3. The number of aryl methyl sites for hydroxylation is 2. The molecule has 0 aromatic heterocycles. The van der Waals surface area contributed by atoms with Crippen LogP contribution < -0.4 is 0 Å². The highest BCUT2D eigenvalue weighted by Gasteiger charge is 2.29. The maximum atomic E-state index is 2.54. The lowest BCUT2D eigenvalue weighted by atomic mass is 9.85. The molecule has 302 valence electrons. The van der Waals surface area contributed by atoms with Gasteiger partial charge in [0.25, 0.3) is 0 Å². The zero-order chi connectivity index (χ0) is 43.1. The van der Waals surface area contributed by atoms with Crippen molar-refractivity contribution in [3.05, 3.63) is 205 Å². The van der Waals surface area contributed by atoms with E-state index in [0.717, 1.165) is 0 Å². The molecule has 66 heavy (non-hydrogen) atoms. The van der Waals surface area contributed by atoms with Gasteiger partial charge in [-0.05, 0) is 207 Å². The van der Waals surface area contributed by atoms with Gasteiger partial charge in [0.2, 0.25) is 0 Å². The van der Waals surface area contributed by atoms with Crippen molar-refractivity contribution in [1.82, 2.24) is 0 Å². The fourth-order valence-corrected chi connectivity index (χ4v) is 13.3. The molecule has 0 saturated heterocycles. The van der Waals surface area contributed by atoms with E-state index in [0.29, 0.717) is 0 Å². The summed E-state index contributed by atoms with van der Waals surface area (Å²) in [5.74, 6) is 0. The first-order valence-electron chi connectivity index (χ1n) is 23.3. The highest BCUT2D eigenvalue weighted by atomic mass is 14.3. The number of benzene rings is 13. The minimum atomic E-state index is 1.25. The van der Waals surface area contributed by atoms with Gasteiger partial charge in [-0.15, -0.1) is 0 Å². The van der Waals surface area contributed by atoms with Crippen LogP contribution in [0.2, 0.25) is 0 Å². The molecular formula is C66H38. The molecule has 0 fully saturated rings. The minimum Gasteiger partial charge on any atom is -0.0622 e. The number of rotatable bonds is 3. The van der Waals surface area contributed by atoms with Crippen molar-refractivity contribution >= 4 is 108 Å². The lowest BCUT2D eigenvalue weighted by Crippen LogP contribution is -1.89. The minimum absolute atomic E-state index is 1.25. The van der Waals surface area contributed by atoms with E-state index in [1.54, 1.807) is 0 Å². The predicted octanol–water partition coefficient (Wildman–Crippen LogP) is 18.8. The molecule has 0 nitrogen and oxygen atoms in total. The summed E-state index contributed by atoms with van der Waals surface area (Å²) in [6, 6.07) is 74.4. The van der Waals surface area contributed by atoms with Gasteiger partial charge in [-0.3, -0.25) is 0 Å². The maximum Gasteiger partial charge on any atom is -0.000740 e. The molecule has 0 saturated carbocycles. The molecule has 16 rings (SSSR count). The Morgan fingerprint density at radius 1 is 0.212 bits per heavy atom. The number of hydrogen-bond donors (Lipinski definition) is 0. The highest BCUT2D eigenvalue weighted by molar-refractivity contribution is 6.47. The van der Waals surface area contributed by atoms with Crippen LogP contribution in [-0.4, -0.2) is 0 Å².